The molecule has 0 radical (unpaired) electrons. The van der Waals surface area contributed by atoms with Crippen LogP contribution in [0, 0.1) is 0 Å². The Bertz CT molecular complexity index is 589. The van der Waals surface area contributed by atoms with Gasteiger partial charge in [0.2, 0.25) is 5.78 Å². The zero-order chi connectivity index (χ0) is 12.4. The van der Waals surface area contributed by atoms with E-state index in [9.17, 15) is 9.59 Å². The Hall–Kier alpha value is -2.37. The number of hydrogen-bond acceptors (Lipinski definition) is 3. The molecule has 0 aliphatic rings. The molecule has 0 aliphatic heterocycles. The van der Waals surface area contributed by atoms with Crippen LogP contribution < -0.4 is 5.32 Å². The summed E-state index contributed by atoms with van der Waals surface area (Å²) in [5.74, 6) is -0.302. The first kappa shape index (κ1) is 11.1. The van der Waals surface area contributed by atoms with Crippen LogP contribution in [-0.2, 0) is 7.05 Å². The maximum atomic E-state index is 11.9. The smallest absolute Gasteiger partial charge is 0.405 e. The summed E-state index contributed by atoms with van der Waals surface area (Å²) in [5.41, 5.74) is 1.13. The van der Waals surface area contributed by atoms with Gasteiger partial charge in [-0.1, -0.05) is 18.2 Å². The van der Waals surface area contributed by atoms with E-state index in [0.29, 0.717) is 11.2 Å². The molecule has 0 atom stereocenters. The van der Waals surface area contributed by atoms with E-state index in [1.807, 2.05) is 12.1 Å². The minimum atomic E-state index is -1.22. The molecule has 88 valence electrons. The van der Waals surface area contributed by atoms with Gasteiger partial charge in [0.1, 0.15) is 5.69 Å². The van der Waals surface area contributed by atoms with E-state index >= 15 is 0 Å². The van der Waals surface area contributed by atoms with Crippen molar-refractivity contribution in [2.45, 2.75) is 0 Å². The van der Waals surface area contributed by atoms with Crippen molar-refractivity contribution >= 4 is 22.8 Å². The molecule has 0 spiro atoms. The molecule has 2 aromatic rings. The molecule has 0 saturated heterocycles. The number of nitrogens with one attached hydrogen (secondary N) is 1. The van der Waals surface area contributed by atoms with Gasteiger partial charge >= 0.3 is 6.09 Å². The second kappa shape index (κ2) is 4.25. The van der Waals surface area contributed by atoms with Crippen LogP contribution in [0.25, 0.3) is 10.9 Å². The number of hydrogen-bond donors (Lipinski definition) is 2. The Morgan fingerprint density at radius 1 is 1.41 bits per heavy atom. The fraction of sp³-hybridized carbons (Fsp3) is 0.182. The molecule has 1 amide bonds. The lowest BCUT2D eigenvalue weighted by Gasteiger charge is -2.01. The topological polar surface area (TPSA) is 84.2 Å². The van der Waals surface area contributed by atoms with Crippen molar-refractivity contribution < 1.29 is 14.7 Å². The van der Waals surface area contributed by atoms with Crippen molar-refractivity contribution in [2.75, 3.05) is 6.54 Å². The number of nitrogens with zero attached hydrogens (tertiary/aromatic N) is 2. The number of fused-ring (bicyclic) bond motifs is 1. The van der Waals surface area contributed by atoms with Crippen LogP contribution in [0.4, 0.5) is 4.79 Å². The molecule has 1 aromatic carbocycles. The lowest BCUT2D eigenvalue weighted by Crippen LogP contribution is -2.29. The molecule has 0 unspecified atom stereocenters. The highest BCUT2D eigenvalue weighted by atomic mass is 16.4. The van der Waals surface area contributed by atoms with Crippen LogP contribution in [0.3, 0.4) is 0 Å². The maximum Gasteiger partial charge on any atom is 0.405 e. The second-order valence-corrected chi connectivity index (χ2v) is 3.57. The lowest BCUT2D eigenvalue weighted by atomic mass is 10.1. The second-order valence-electron chi connectivity index (χ2n) is 3.57. The minimum absolute atomic E-state index is 0.251. The van der Waals surface area contributed by atoms with Crippen LogP contribution in [-0.4, -0.2) is 33.3 Å². The van der Waals surface area contributed by atoms with E-state index in [1.165, 1.54) is 4.68 Å². The molecular formula is C11H11N3O3. The molecule has 6 nitrogen and oxygen atoms in total. The quantitative estimate of drug-likeness (QED) is 0.775. The monoisotopic (exact) mass is 233 g/mol. The third-order valence-corrected chi connectivity index (χ3v) is 2.40. The highest BCUT2D eigenvalue weighted by Crippen LogP contribution is 2.17. The van der Waals surface area contributed by atoms with E-state index in [1.54, 1.807) is 19.2 Å². The van der Waals surface area contributed by atoms with E-state index < -0.39 is 6.09 Å². The van der Waals surface area contributed by atoms with E-state index in [2.05, 4.69) is 10.4 Å². The van der Waals surface area contributed by atoms with Gasteiger partial charge in [0.15, 0.2) is 0 Å². The molecule has 2 rings (SSSR count). The Kier molecular flexibility index (Phi) is 2.78. The summed E-state index contributed by atoms with van der Waals surface area (Å²) in [6.45, 7) is -0.251. The van der Waals surface area contributed by atoms with Crippen molar-refractivity contribution in [1.29, 1.82) is 0 Å². The van der Waals surface area contributed by atoms with Crippen LogP contribution in [0.5, 0.6) is 0 Å². The third-order valence-electron chi connectivity index (χ3n) is 2.40. The van der Waals surface area contributed by atoms with E-state index in [-0.39, 0.29) is 12.3 Å². The van der Waals surface area contributed by atoms with Gasteiger partial charge in [-0.3, -0.25) is 9.48 Å². The number of carbonyl (C=O) groups excluding carboxylic acids is 1. The van der Waals surface area contributed by atoms with Gasteiger partial charge in [-0.15, -0.1) is 0 Å². The molecular weight excluding hydrogens is 222 g/mol. The SMILES string of the molecule is Cn1nc2ccccc2c1C(=O)CNC(=O)O. The van der Waals surface area contributed by atoms with Crippen LogP contribution >= 0.6 is 0 Å². The number of aryl methyl sites for hydroxylation is 1. The Labute approximate surface area is 96.8 Å². The fourth-order valence-electron chi connectivity index (χ4n) is 1.72. The number of ketones is 1. The maximum absolute atomic E-state index is 11.9. The standard InChI is InChI=1S/C11H11N3O3/c1-14-10(9(15)6-12-11(16)17)7-4-2-3-5-8(7)13-14/h2-5,12H,6H2,1H3,(H,16,17). The van der Waals surface area contributed by atoms with Crippen molar-refractivity contribution in [3.8, 4) is 0 Å². The predicted octanol–water partition coefficient (Wildman–Crippen LogP) is 1.02. The number of carbonyl (C=O) groups is 2. The molecule has 1 aromatic heterocycles. The van der Waals surface area contributed by atoms with Gasteiger partial charge in [0.05, 0.1) is 12.1 Å². The first-order chi connectivity index (χ1) is 8.09. The molecule has 0 aliphatic carbocycles. The number of amides is 1. The molecule has 6 heteroatoms. The van der Waals surface area contributed by atoms with Gasteiger partial charge < -0.3 is 10.4 Å². The van der Waals surface area contributed by atoms with Crippen molar-refractivity contribution in [1.82, 2.24) is 15.1 Å². The first-order valence-electron chi connectivity index (χ1n) is 5.01. The Balaban J connectivity index is 2.37. The number of aromatic nitrogens is 2. The number of benzene rings is 1. The van der Waals surface area contributed by atoms with Crippen LogP contribution in [0.1, 0.15) is 10.5 Å². The predicted molar refractivity (Wildman–Crippen MR) is 61.1 cm³/mol. The Morgan fingerprint density at radius 3 is 2.82 bits per heavy atom. The summed E-state index contributed by atoms with van der Waals surface area (Å²) in [5, 5.41) is 15.4. The van der Waals surface area contributed by atoms with Crippen LogP contribution in [0.15, 0.2) is 24.3 Å². The van der Waals surface area contributed by atoms with Gasteiger partial charge in [0, 0.05) is 12.4 Å². The van der Waals surface area contributed by atoms with Gasteiger partial charge in [0.25, 0.3) is 0 Å². The molecule has 17 heavy (non-hydrogen) atoms. The fourth-order valence-corrected chi connectivity index (χ4v) is 1.72. The molecule has 0 bridgehead atoms. The molecule has 2 N–H and O–H groups in total. The van der Waals surface area contributed by atoms with Gasteiger partial charge in [-0.25, -0.2) is 4.79 Å². The number of Topliss-reactive ketones (excluding diaryl/α,β-unsaturated/α-hetero) is 1. The zero-order valence-electron chi connectivity index (χ0n) is 9.17. The summed E-state index contributed by atoms with van der Waals surface area (Å²) in [6, 6.07) is 7.23. The van der Waals surface area contributed by atoms with E-state index in [4.69, 9.17) is 5.11 Å². The first-order valence-corrected chi connectivity index (χ1v) is 5.01. The molecule has 1 heterocycles. The number of rotatable bonds is 3. The minimum Gasteiger partial charge on any atom is -0.465 e. The number of carboxylic acid groups (broad SMARTS) is 1. The lowest BCUT2D eigenvalue weighted by molar-refractivity contribution is 0.0979. The molecule has 0 saturated carbocycles. The summed E-state index contributed by atoms with van der Waals surface area (Å²) in [6.07, 6.45) is -1.22. The highest BCUT2D eigenvalue weighted by molar-refractivity contribution is 6.07. The average molecular weight is 233 g/mol. The normalized spacial score (nSPS) is 10.4. The summed E-state index contributed by atoms with van der Waals surface area (Å²) in [4.78, 5) is 22.2. The average Bonchev–Trinajstić information content (AvgIpc) is 2.61. The van der Waals surface area contributed by atoms with Crippen molar-refractivity contribution in [2.24, 2.45) is 7.05 Å². The van der Waals surface area contributed by atoms with Crippen molar-refractivity contribution in [3.05, 3.63) is 30.0 Å². The molecule has 0 fully saturated rings. The Morgan fingerprint density at radius 2 is 2.12 bits per heavy atom. The largest absolute Gasteiger partial charge is 0.465 e. The zero-order valence-corrected chi connectivity index (χ0v) is 9.17. The summed E-state index contributed by atoms with van der Waals surface area (Å²) in [7, 11) is 1.66. The summed E-state index contributed by atoms with van der Waals surface area (Å²) >= 11 is 0. The van der Waals surface area contributed by atoms with Gasteiger partial charge in [-0.05, 0) is 6.07 Å². The highest BCUT2D eigenvalue weighted by Gasteiger charge is 2.16. The summed E-state index contributed by atoms with van der Waals surface area (Å²) < 4.78 is 1.47. The van der Waals surface area contributed by atoms with Gasteiger partial charge in [-0.2, -0.15) is 5.10 Å². The van der Waals surface area contributed by atoms with Crippen LogP contribution in [0.2, 0.25) is 0 Å². The third kappa shape index (κ3) is 2.10. The van der Waals surface area contributed by atoms with Crippen molar-refractivity contribution in [3.63, 3.8) is 0 Å². The van der Waals surface area contributed by atoms with E-state index in [0.717, 1.165) is 5.39 Å².